The van der Waals surface area contributed by atoms with Crippen LogP contribution in [-0.4, -0.2) is 35.4 Å². The molecule has 1 atom stereocenters. The Morgan fingerprint density at radius 3 is 2.33 bits per heavy atom. The van der Waals surface area contributed by atoms with E-state index in [1.807, 2.05) is 30.3 Å². The van der Waals surface area contributed by atoms with Crippen molar-refractivity contribution in [3.8, 4) is 0 Å². The van der Waals surface area contributed by atoms with Gasteiger partial charge in [0.15, 0.2) is 5.78 Å². The van der Waals surface area contributed by atoms with Gasteiger partial charge in [0.25, 0.3) is 0 Å². The normalized spacial score (nSPS) is 17.6. The van der Waals surface area contributed by atoms with Crippen molar-refractivity contribution >= 4 is 5.78 Å². The molecule has 1 saturated heterocycles. The molecule has 126 valence electrons. The zero-order valence-corrected chi connectivity index (χ0v) is 13.6. The van der Waals surface area contributed by atoms with Crippen molar-refractivity contribution in [2.45, 2.75) is 18.9 Å². The van der Waals surface area contributed by atoms with Gasteiger partial charge in [-0.1, -0.05) is 30.3 Å². The summed E-state index contributed by atoms with van der Waals surface area (Å²) in [5.41, 5.74) is 1.50. The maximum Gasteiger partial charge on any atom is 0.166 e. The van der Waals surface area contributed by atoms with Crippen LogP contribution in [0.3, 0.4) is 0 Å². The highest BCUT2D eigenvalue weighted by atomic mass is 19.1. The number of carbonyl (C=O) groups is 1. The van der Waals surface area contributed by atoms with Crippen molar-refractivity contribution in [1.29, 1.82) is 0 Å². The van der Waals surface area contributed by atoms with E-state index in [0.717, 1.165) is 31.5 Å². The number of β-amino-alcohol motifs (C(OH)–C–C–N with tert-alkyl or cyclic N) is 1. The molecule has 0 amide bonds. The lowest BCUT2D eigenvalue weighted by Crippen LogP contribution is -2.38. The monoisotopic (exact) mass is 327 g/mol. The molecule has 0 saturated carbocycles. The van der Waals surface area contributed by atoms with E-state index in [4.69, 9.17) is 0 Å². The summed E-state index contributed by atoms with van der Waals surface area (Å²) in [6.45, 7) is 2.17. The molecular weight excluding hydrogens is 305 g/mol. The molecule has 3 nitrogen and oxygen atoms in total. The van der Waals surface area contributed by atoms with Crippen molar-refractivity contribution in [2.75, 3.05) is 19.6 Å². The second-order valence-corrected chi connectivity index (χ2v) is 6.37. The third-order valence-corrected chi connectivity index (χ3v) is 4.70. The van der Waals surface area contributed by atoms with Crippen LogP contribution in [0, 0.1) is 11.7 Å². The number of nitrogens with zero attached hydrogens (tertiary/aromatic N) is 1. The average Bonchev–Trinajstić information content (AvgIpc) is 2.63. The van der Waals surface area contributed by atoms with Crippen molar-refractivity contribution < 1.29 is 14.3 Å². The third-order valence-electron chi connectivity index (χ3n) is 4.70. The Hall–Kier alpha value is -2.04. The molecule has 2 aromatic rings. The second-order valence-electron chi connectivity index (χ2n) is 6.37. The Bertz CT molecular complexity index is 664. The third kappa shape index (κ3) is 4.08. The molecule has 0 spiro atoms. The molecule has 1 heterocycles. The van der Waals surface area contributed by atoms with Crippen molar-refractivity contribution in [2.24, 2.45) is 5.92 Å². The first-order valence-electron chi connectivity index (χ1n) is 8.38. The lowest BCUT2D eigenvalue weighted by Gasteiger charge is -2.32. The van der Waals surface area contributed by atoms with Crippen LogP contribution < -0.4 is 0 Å². The van der Waals surface area contributed by atoms with Crippen LogP contribution in [0.15, 0.2) is 54.6 Å². The molecule has 0 bridgehead atoms. The zero-order valence-electron chi connectivity index (χ0n) is 13.6. The molecule has 3 rings (SSSR count). The SMILES string of the molecule is O=C(c1ccc(F)cc1)C1CCN(C[C@@H](O)c2ccccc2)CC1. The van der Waals surface area contributed by atoms with Crippen molar-refractivity contribution in [3.05, 3.63) is 71.5 Å². The molecule has 1 N–H and O–H groups in total. The molecule has 1 aliphatic rings. The number of ketones is 1. The fourth-order valence-corrected chi connectivity index (χ4v) is 3.25. The molecule has 2 aromatic carbocycles. The molecule has 0 unspecified atom stereocenters. The summed E-state index contributed by atoms with van der Waals surface area (Å²) in [5.74, 6) is -0.241. The standard InChI is InChI=1S/C20H22FNO2/c21-18-8-6-16(7-9-18)20(24)17-10-12-22(13-11-17)14-19(23)15-4-2-1-3-5-15/h1-9,17,19,23H,10-14H2/t19-/m1/s1. The molecule has 4 heteroatoms. The number of hydrogen-bond donors (Lipinski definition) is 1. The number of aliphatic hydroxyl groups is 1. The highest BCUT2D eigenvalue weighted by molar-refractivity contribution is 5.97. The molecule has 24 heavy (non-hydrogen) atoms. The van der Waals surface area contributed by atoms with Gasteiger partial charge in [-0.15, -0.1) is 0 Å². The number of benzene rings is 2. The van der Waals surface area contributed by atoms with Crippen LogP contribution >= 0.6 is 0 Å². The maximum absolute atomic E-state index is 13.0. The number of Topliss-reactive ketones (excluding diaryl/α,β-unsaturated/α-hetero) is 1. The molecule has 0 aliphatic carbocycles. The van der Waals surface area contributed by atoms with E-state index < -0.39 is 6.10 Å². The van der Waals surface area contributed by atoms with E-state index in [1.165, 1.54) is 12.1 Å². The van der Waals surface area contributed by atoms with Crippen LogP contribution in [0.25, 0.3) is 0 Å². The van der Waals surface area contributed by atoms with Crippen LogP contribution in [0.5, 0.6) is 0 Å². The summed E-state index contributed by atoms with van der Waals surface area (Å²) < 4.78 is 13.0. The minimum Gasteiger partial charge on any atom is -0.387 e. The first-order valence-corrected chi connectivity index (χ1v) is 8.38. The summed E-state index contributed by atoms with van der Waals surface area (Å²) in [7, 11) is 0. The largest absolute Gasteiger partial charge is 0.387 e. The number of halogens is 1. The number of aliphatic hydroxyl groups excluding tert-OH is 1. The van der Waals surface area contributed by atoms with E-state index in [2.05, 4.69) is 4.90 Å². The topological polar surface area (TPSA) is 40.5 Å². The number of hydrogen-bond acceptors (Lipinski definition) is 3. The predicted octanol–water partition coefficient (Wildman–Crippen LogP) is 3.45. The Morgan fingerprint density at radius 2 is 1.71 bits per heavy atom. The fraction of sp³-hybridized carbons (Fsp3) is 0.350. The van der Waals surface area contributed by atoms with E-state index in [-0.39, 0.29) is 17.5 Å². The lowest BCUT2D eigenvalue weighted by atomic mass is 9.88. The van der Waals surface area contributed by atoms with E-state index in [1.54, 1.807) is 12.1 Å². The van der Waals surface area contributed by atoms with Crippen LogP contribution in [0.2, 0.25) is 0 Å². The number of rotatable bonds is 5. The fourth-order valence-electron chi connectivity index (χ4n) is 3.25. The number of piperidine rings is 1. The van der Waals surface area contributed by atoms with Gasteiger partial charge < -0.3 is 10.0 Å². The van der Waals surface area contributed by atoms with Crippen LogP contribution in [0.1, 0.15) is 34.9 Å². The van der Waals surface area contributed by atoms with Gasteiger partial charge in [0.2, 0.25) is 0 Å². The van der Waals surface area contributed by atoms with Gasteiger partial charge in [0.05, 0.1) is 6.10 Å². The molecule has 1 fully saturated rings. The summed E-state index contributed by atoms with van der Waals surface area (Å²) in [5, 5.41) is 10.3. The van der Waals surface area contributed by atoms with Crippen LogP contribution in [0.4, 0.5) is 4.39 Å². The van der Waals surface area contributed by atoms with E-state index in [9.17, 15) is 14.3 Å². The number of likely N-dealkylation sites (tertiary alicyclic amines) is 1. The Balaban J connectivity index is 1.52. The van der Waals surface area contributed by atoms with Gasteiger partial charge in [0.1, 0.15) is 5.82 Å². The first-order chi connectivity index (χ1) is 11.6. The second kappa shape index (κ2) is 7.69. The van der Waals surface area contributed by atoms with Crippen LogP contribution in [-0.2, 0) is 0 Å². The van der Waals surface area contributed by atoms with Crippen molar-refractivity contribution in [3.63, 3.8) is 0 Å². The minimum atomic E-state index is -0.504. The summed E-state index contributed by atoms with van der Waals surface area (Å²) >= 11 is 0. The number of carbonyl (C=O) groups excluding carboxylic acids is 1. The quantitative estimate of drug-likeness (QED) is 0.855. The first kappa shape index (κ1) is 16.8. The van der Waals surface area contributed by atoms with Gasteiger partial charge in [-0.25, -0.2) is 4.39 Å². The molecular formula is C20H22FNO2. The van der Waals surface area contributed by atoms with E-state index >= 15 is 0 Å². The lowest BCUT2D eigenvalue weighted by molar-refractivity contribution is 0.0727. The van der Waals surface area contributed by atoms with E-state index in [0.29, 0.717) is 12.1 Å². The summed E-state index contributed by atoms with van der Waals surface area (Å²) in [6.07, 6.45) is 1.05. The van der Waals surface area contributed by atoms with Gasteiger partial charge >= 0.3 is 0 Å². The highest BCUT2D eigenvalue weighted by Gasteiger charge is 2.26. The Labute approximate surface area is 141 Å². The zero-order chi connectivity index (χ0) is 16.9. The highest BCUT2D eigenvalue weighted by Crippen LogP contribution is 2.24. The maximum atomic E-state index is 13.0. The Morgan fingerprint density at radius 1 is 1.08 bits per heavy atom. The van der Waals surface area contributed by atoms with Crippen molar-refractivity contribution in [1.82, 2.24) is 4.90 Å². The Kier molecular flexibility index (Phi) is 5.38. The summed E-state index contributed by atoms with van der Waals surface area (Å²) in [4.78, 5) is 14.7. The average molecular weight is 327 g/mol. The molecule has 0 aromatic heterocycles. The predicted molar refractivity (Wildman–Crippen MR) is 91.3 cm³/mol. The smallest absolute Gasteiger partial charge is 0.166 e. The van der Waals surface area contributed by atoms with Gasteiger partial charge in [-0.3, -0.25) is 4.79 Å². The minimum absolute atomic E-state index is 0.0134. The van der Waals surface area contributed by atoms with Gasteiger partial charge in [0, 0.05) is 18.0 Å². The molecule has 1 aliphatic heterocycles. The van der Waals surface area contributed by atoms with Gasteiger partial charge in [-0.05, 0) is 55.8 Å². The summed E-state index contributed by atoms with van der Waals surface area (Å²) in [6, 6.07) is 15.4. The van der Waals surface area contributed by atoms with Gasteiger partial charge in [-0.2, -0.15) is 0 Å². The molecule has 0 radical (unpaired) electrons.